The number of halogens is 2. The summed E-state index contributed by atoms with van der Waals surface area (Å²) in [7, 11) is 0. The fourth-order valence-corrected chi connectivity index (χ4v) is 1.73. The van der Waals surface area contributed by atoms with Crippen molar-refractivity contribution in [1.29, 1.82) is 0 Å². The number of hydrogen-bond acceptors (Lipinski definition) is 2. The van der Waals surface area contributed by atoms with E-state index in [2.05, 4.69) is 10.4 Å². The summed E-state index contributed by atoms with van der Waals surface area (Å²) >= 11 is 17.0. The molecule has 1 N–H and O–H groups in total. The van der Waals surface area contributed by atoms with Gasteiger partial charge in [-0.1, -0.05) is 29.3 Å². The number of benzene rings is 1. The minimum Gasteiger partial charge on any atom is -0.330 e. The fraction of sp³-hybridized carbons (Fsp3) is 0. The van der Waals surface area contributed by atoms with Gasteiger partial charge in [0.15, 0.2) is 5.11 Å². The van der Waals surface area contributed by atoms with Crippen LogP contribution in [0.5, 0.6) is 0 Å². The molecular formula is C10H7Cl2N3S. The third kappa shape index (κ3) is 2.35. The zero-order chi connectivity index (χ0) is 11.5. The number of nitrogens with zero attached hydrogens (tertiary/aromatic N) is 2. The summed E-state index contributed by atoms with van der Waals surface area (Å²) in [5.41, 5.74) is 0.662. The molecule has 0 spiro atoms. The number of thiocarbonyl (C=S) groups is 1. The molecule has 0 aliphatic carbocycles. The molecule has 0 saturated heterocycles. The van der Waals surface area contributed by atoms with Crippen molar-refractivity contribution in [3.8, 4) is 0 Å². The second-order valence-electron chi connectivity index (χ2n) is 2.98. The molecule has 2 aromatic rings. The molecule has 0 bridgehead atoms. The van der Waals surface area contributed by atoms with Crippen LogP contribution in [0.25, 0.3) is 0 Å². The maximum absolute atomic E-state index is 6.01. The van der Waals surface area contributed by atoms with E-state index in [4.69, 9.17) is 35.4 Å². The first-order valence-corrected chi connectivity index (χ1v) is 5.60. The lowest BCUT2D eigenvalue weighted by atomic mass is 10.3. The lowest BCUT2D eigenvalue weighted by Crippen LogP contribution is -2.19. The van der Waals surface area contributed by atoms with Crippen molar-refractivity contribution in [2.45, 2.75) is 0 Å². The number of hydrogen-bond donors (Lipinski definition) is 1. The van der Waals surface area contributed by atoms with Crippen molar-refractivity contribution in [3.05, 3.63) is 46.7 Å². The molecule has 0 fully saturated rings. The van der Waals surface area contributed by atoms with Crippen molar-refractivity contribution in [2.75, 3.05) is 5.32 Å². The van der Waals surface area contributed by atoms with E-state index < -0.39 is 0 Å². The summed E-state index contributed by atoms with van der Waals surface area (Å²) in [5, 5.41) is 8.33. The summed E-state index contributed by atoms with van der Waals surface area (Å²) in [6.45, 7) is 0. The molecule has 16 heavy (non-hydrogen) atoms. The zero-order valence-electron chi connectivity index (χ0n) is 8.02. The third-order valence-electron chi connectivity index (χ3n) is 1.91. The van der Waals surface area contributed by atoms with Gasteiger partial charge in [0.1, 0.15) is 0 Å². The number of aromatic nitrogens is 2. The van der Waals surface area contributed by atoms with E-state index in [0.29, 0.717) is 20.8 Å². The summed E-state index contributed by atoms with van der Waals surface area (Å²) in [4.78, 5) is 0. The van der Waals surface area contributed by atoms with Crippen LogP contribution >= 0.6 is 35.4 Å². The largest absolute Gasteiger partial charge is 0.330 e. The predicted octanol–water partition coefficient (Wildman–Crippen LogP) is 3.44. The molecule has 1 heterocycles. The highest BCUT2D eigenvalue weighted by atomic mass is 35.5. The van der Waals surface area contributed by atoms with Crippen molar-refractivity contribution in [2.24, 2.45) is 0 Å². The van der Waals surface area contributed by atoms with Gasteiger partial charge < -0.3 is 5.32 Å². The van der Waals surface area contributed by atoms with E-state index in [9.17, 15) is 0 Å². The number of anilines is 1. The minimum absolute atomic E-state index is 0.439. The van der Waals surface area contributed by atoms with Crippen LogP contribution in [-0.4, -0.2) is 14.9 Å². The van der Waals surface area contributed by atoms with Gasteiger partial charge in [-0.05, 0) is 30.4 Å². The van der Waals surface area contributed by atoms with Gasteiger partial charge in [0, 0.05) is 12.4 Å². The topological polar surface area (TPSA) is 29.9 Å². The van der Waals surface area contributed by atoms with Crippen LogP contribution in [0.4, 0.5) is 5.69 Å². The molecule has 0 aliphatic heterocycles. The Morgan fingerprint density at radius 1 is 1.31 bits per heavy atom. The molecule has 3 nitrogen and oxygen atoms in total. The SMILES string of the molecule is S=C(Nc1cccc(Cl)c1Cl)n1cccn1. The standard InChI is InChI=1S/C10H7Cl2N3S/c11-7-3-1-4-8(9(7)12)14-10(16)15-6-2-5-13-15/h1-6H,(H,14,16). The van der Waals surface area contributed by atoms with E-state index >= 15 is 0 Å². The molecule has 0 saturated carbocycles. The molecule has 2 rings (SSSR count). The molecule has 0 radical (unpaired) electrons. The fourth-order valence-electron chi connectivity index (χ4n) is 1.16. The quantitative estimate of drug-likeness (QED) is 0.806. The van der Waals surface area contributed by atoms with Crippen LogP contribution in [0.15, 0.2) is 36.7 Å². The van der Waals surface area contributed by atoms with E-state index in [-0.39, 0.29) is 0 Å². The van der Waals surface area contributed by atoms with Gasteiger partial charge in [-0.15, -0.1) is 0 Å². The van der Waals surface area contributed by atoms with Gasteiger partial charge in [0.25, 0.3) is 0 Å². The summed E-state index contributed by atoms with van der Waals surface area (Å²) in [6, 6.07) is 7.09. The van der Waals surface area contributed by atoms with Gasteiger partial charge >= 0.3 is 0 Å². The number of nitrogens with one attached hydrogen (secondary N) is 1. The first kappa shape index (κ1) is 11.4. The van der Waals surface area contributed by atoms with Gasteiger partial charge in [-0.3, -0.25) is 0 Å². The second-order valence-corrected chi connectivity index (χ2v) is 4.15. The Balaban J connectivity index is 2.22. The molecule has 0 unspecified atom stereocenters. The first-order valence-electron chi connectivity index (χ1n) is 4.43. The minimum atomic E-state index is 0.439. The first-order chi connectivity index (χ1) is 7.68. The Labute approximate surface area is 108 Å². The highest BCUT2D eigenvalue weighted by Crippen LogP contribution is 2.29. The average Bonchev–Trinajstić information content (AvgIpc) is 2.78. The van der Waals surface area contributed by atoms with Crippen molar-refractivity contribution in [1.82, 2.24) is 9.78 Å². The highest BCUT2D eigenvalue weighted by Gasteiger charge is 2.06. The summed E-state index contributed by atoms with van der Waals surface area (Å²) < 4.78 is 1.53. The number of rotatable bonds is 1. The Morgan fingerprint density at radius 2 is 2.12 bits per heavy atom. The van der Waals surface area contributed by atoms with Crippen LogP contribution in [0.3, 0.4) is 0 Å². The second kappa shape index (κ2) is 4.82. The summed E-state index contributed by atoms with van der Waals surface area (Å²) in [5.74, 6) is 0. The molecular weight excluding hydrogens is 265 g/mol. The van der Waals surface area contributed by atoms with Crippen LogP contribution in [0.1, 0.15) is 0 Å². The van der Waals surface area contributed by atoms with Gasteiger partial charge in [-0.2, -0.15) is 5.10 Å². The van der Waals surface area contributed by atoms with E-state index in [1.54, 1.807) is 36.7 Å². The smallest absolute Gasteiger partial charge is 0.198 e. The Hall–Kier alpha value is -1.10. The van der Waals surface area contributed by atoms with Crippen LogP contribution in [0.2, 0.25) is 10.0 Å². The molecule has 0 aliphatic rings. The highest BCUT2D eigenvalue weighted by molar-refractivity contribution is 7.80. The van der Waals surface area contributed by atoms with Crippen LogP contribution in [-0.2, 0) is 0 Å². The lowest BCUT2D eigenvalue weighted by Gasteiger charge is -2.09. The molecule has 82 valence electrons. The maximum Gasteiger partial charge on any atom is 0.198 e. The molecule has 1 aromatic heterocycles. The predicted molar refractivity (Wildman–Crippen MR) is 70.3 cm³/mol. The maximum atomic E-state index is 6.01. The van der Waals surface area contributed by atoms with Gasteiger partial charge in [-0.25, -0.2) is 4.68 Å². The molecule has 6 heteroatoms. The van der Waals surface area contributed by atoms with Crippen molar-refractivity contribution in [3.63, 3.8) is 0 Å². The molecule has 0 atom stereocenters. The third-order valence-corrected chi connectivity index (χ3v) is 3.01. The molecule has 0 amide bonds. The van der Waals surface area contributed by atoms with E-state index in [0.717, 1.165) is 0 Å². The average molecular weight is 272 g/mol. The van der Waals surface area contributed by atoms with E-state index in [1.807, 2.05) is 0 Å². The van der Waals surface area contributed by atoms with Gasteiger partial charge in [0.2, 0.25) is 0 Å². The summed E-state index contributed by atoms with van der Waals surface area (Å²) in [6.07, 6.45) is 3.39. The van der Waals surface area contributed by atoms with Crippen molar-refractivity contribution < 1.29 is 0 Å². The van der Waals surface area contributed by atoms with Crippen LogP contribution < -0.4 is 5.32 Å². The van der Waals surface area contributed by atoms with Crippen molar-refractivity contribution >= 4 is 46.2 Å². The Morgan fingerprint density at radius 3 is 2.81 bits per heavy atom. The molecule has 1 aromatic carbocycles. The van der Waals surface area contributed by atoms with E-state index in [1.165, 1.54) is 4.68 Å². The Kier molecular flexibility index (Phi) is 3.43. The van der Waals surface area contributed by atoms with Gasteiger partial charge in [0.05, 0.1) is 15.7 Å². The van der Waals surface area contributed by atoms with Crippen LogP contribution in [0, 0.1) is 0 Å². The Bertz CT molecular complexity index is 511. The lowest BCUT2D eigenvalue weighted by molar-refractivity contribution is 0.947. The monoisotopic (exact) mass is 271 g/mol. The zero-order valence-corrected chi connectivity index (χ0v) is 10.4. The normalized spacial score (nSPS) is 10.1.